The lowest BCUT2D eigenvalue weighted by Gasteiger charge is -2.22. The Bertz CT molecular complexity index is 1300. The molecule has 0 fully saturated rings. The third-order valence-electron chi connectivity index (χ3n) is 6.18. The molecular weight excluding hydrogens is 480 g/mol. The molecule has 0 aliphatic carbocycles. The fourth-order valence-electron chi connectivity index (χ4n) is 4.05. The summed E-state index contributed by atoms with van der Waals surface area (Å²) in [4.78, 5) is 19.9. The van der Waals surface area contributed by atoms with Gasteiger partial charge in [-0.05, 0) is 47.4 Å². The molecule has 0 saturated carbocycles. The Morgan fingerprint density at radius 3 is 2.57 bits per heavy atom. The number of carbonyl (C=O) groups is 1. The van der Waals surface area contributed by atoms with Gasteiger partial charge in [0, 0.05) is 42.7 Å². The molecule has 0 aliphatic rings. The normalized spacial score (nSPS) is 10.8. The number of hydrogen-bond donors (Lipinski definition) is 2. The summed E-state index contributed by atoms with van der Waals surface area (Å²) in [6, 6.07) is 23.8. The number of carbonyl (C=O) groups excluding carboxylic acids is 1. The maximum absolute atomic E-state index is 12.7. The van der Waals surface area contributed by atoms with E-state index in [1.54, 1.807) is 18.4 Å². The number of hydrogen-bond acceptors (Lipinski definition) is 6. The van der Waals surface area contributed by atoms with Gasteiger partial charge in [0.2, 0.25) is 0 Å². The van der Waals surface area contributed by atoms with Gasteiger partial charge >= 0.3 is 0 Å². The summed E-state index contributed by atoms with van der Waals surface area (Å²) in [5.74, 6) is 0.735. The summed E-state index contributed by atoms with van der Waals surface area (Å²) >= 11 is 1.65. The Balaban J connectivity index is 1.41. The number of anilines is 1. The molecule has 3 aromatic carbocycles. The zero-order chi connectivity index (χ0) is 26.0. The summed E-state index contributed by atoms with van der Waals surface area (Å²) in [7, 11) is 1.67. The average Bonchev–Trinajstić information content (AvgIpc) is 3.45. The smallest absolute Gasteiger partial charge is 0.251 e. The van der Waals surface area contributed by atoms with Gasteiger partial charge < -0.3 is 20.7 Å². The van der Waals surface area contributed by atoms with Gasteiger partial charge in [-0.25, -0.2) is 4.98 Å². The van der Waals surface area contributed by atoms with E-state index in [0.717, 1.165) is 64.8 Å². The van der Waals surface area contributed by atoms with Crippen LogP contribution in [0.25, 0.3) is 11.3 Å². The molecule has 0 bridgehead atoms. The first-order chi connectivity index (χ1) is 18.1. The second-order valence-corrected chi connectivity index (χ2v) is 9.76. The van der Waals surface area contributed by atoms with Crippen molar-refractivity contribution in [1.29, 1.82) is 0 Å². The van der Waals surface area contributed by atoms with Crippen molar-refractivity contribution in [3.05, 3.63) is 100 Å². The number of thiazole rings is 1. The quantitative estimate of drug-likeness (QED) is 0.242. The van der Waals surface area contributed by atoms with E-state index in [4.69, 9.17) is 15.5 Å². The predicted molar refractivity (Wildman–Crippen MR) is 152 cm³/mol. The fraction of sp³-hybridized carbons (Fsp3) is 0.267. The number of amides is 1. The SMILES string of the molecule is CCCCN(Cc1ccc(C(=O)NCc2cccc(CN)c2)cc1)c1nc(-c2cccc(OC)c2)cs1. The van der Waals surface area contributed by atoms with Gasteiger partial charge in [-0.1, -0.05) is 61.9 Å². The summed E-state index contributed by atoms with van der Waals surface area (Å²) in [5, 5.41) is 6.09. The number of nitrogens with zero attached hydrogens (tertiary/aromatic N) is 2. The van der Waals surface area contributed by atoms with Gasteiger partial charge in [0.1, 0.15) is 5.75 Å². The largest absolute Gasteiger partial charge is 0.497 e. The second-order valence-electron chi connectivity index (χ2n) is 8.93. The second kappa shape index (κ2) is 13.0. The highest BCUT2D eigenvalue weighted by atomic mass is 32.1. The van der Waals surface area contributed by atoms with Crippen molar-refractivity contribution in [3.63, 3.8) is 0 Å². The van der Waals surface area contributed by atoms with Gasteiger partial charge in [0.05, 0.1) is 12.8 Å². The first-order valence-electron chi connectivity index (χ1n) is 12.6. The third-order valence-corrected chi connectivity index (χ3v) is 7.08. The molecule has 0 atom stereocenters. The Morgan fingerprint density at radius 2 is 1.81 bits per heavy atom. The highest BCUT2D eigenvalue weighted by Gasteiger charge is 2.14. The van der Waals surface area contributed by atoms with E-state index in [1.165, 1.54) is 0 Å². The van der Waals surface area contributed by atoms with Crippen LogP contribution in [0.3, 0.4) is 0 Å². The first kappa shape index (κ1) is 26.4. The maximum atomic E-state index is 12.7. The van der Waals surface area contributed by atoms with E-state index in [-0.39, 0.29) is 5.91 Å². The average molecular weight is 515 g/mol. The van der Waals surface area contributed by atoms with E-state index in [2.05, 4.69) is 28.6 Å². The van der Waals surface area contributed by atoms with Gasteiger partial charge in [-0.15, -0.1) is 11.3 Å². The van der Waals surface area contributed by atoms with Crippen LogP contribution in [0.4, 0.5) is 5.13 Å². The van der Waals surface area contributed by atoms with Crippen molar-refractivity contribution >= 4 is 22.4 Å². The number of nitrogens with two attached hydrogens (primary N) is 1. The summed E-state index contributed by atoms with van der Waals surface area (Å²) in [6.07, 6.45) is 2.19. The lowest BCUT2D eigenvalue weighted by atomic mass is 10.1. The topological polar surface area (TPSA) is 80.5 Å². The molecule has 1 aromatic heterocycles. The van der Waals surface area contributed by atoms with Crippen LogP contribution in [-0.4, -0.2) is 24.5 Å². The molecule has 1 amide bonds. The van der Waals surface area contributed by atoms with E-state index >= 15 is 0 Å². The zero-order valence-corrected chi connectivity index (χ0v) is 22.3. The summed E-state index contributed by atoms with van der Waals surface area (Å²) in [5.41, 5.74) is 11.6. The molecule has 7 heteroatoms. The van der Waals surface area contributed by atoms with Crippen LogP contribution < -0.4 is 20.7 Å². The molecule has 1 heterocycles. The molecule has 0 unspecified atom stereocenters. The van der Waals surface area contributed by atoms with Crippen molar-refractivity contribution in [3.8, 4) is 17.0 Å². The monoisotopic (exact) mass is 514 g/mol. The van der Waals surface area contributed by atoms with Crippen LogP contribution in [0.2, 0.25) is 0 Å². The Labute approximate surface area is 223 Å². The minimum absolute atomic E-state index is 0.0876. The lowest BCUT2D eigenvalue weighted by molar-refractivity contribution is 0.0951. The molecular formula is C30H34N4O2S. The van der Waals surface area contributed by atoms with Crippen molar-refractivity contribution < 1.29 is 9.53 Å². The summed E-state index contributed by atoms with van der Waals surface area (Å²) < 4.78 is 5.37. The lowest BCUT2D eigenvalue weighted by Crippen LogP contribution is -2.24. The molecule has 0 saturated heterocycles. The number of unbranched alkanes of at least 4 members (excludes halogenated alkanes) is 1. The van der Waals surface area contributed by atoms with Crippen molar-refractivity contribution in [2.24, 2.45) is 5.73 Å². The minimum Gasteiger partial charge on any atom is -0.497 e. The number of aromatic nitrogens is 1. The minimum atomic E-state index is -0.0876. The zero-order valence-electron chi connectivity index (χ0n) is 21.4. The van der Waals surface area contributed by atoms with E-state index in [9.17, 15) is 4.79 Å². The molecule has 4 aromatic rings. The van der Waals surface area contributed by atoms with Crippen LogP contribution in [0.15, 0.2) is 78.2 Å². The molecule has 37 heavy (non-hydrogen) atoms. The fourth-order valence-corrected chi connectivity index (χ4v) is 4.91. The van der Waals surface area contributed by atoms with Gasteiger partial charge in [0.25, 0.3) is 5.91 Å². The highest BCUT2D eigenvalue weighted by Crippen LogP contribution is 2.30. The molecule has 0 aliphatic heterocycles. The van der Waals surface area contributed by atoms with Gasteiger partial charge in [0.15, 0.2) is 5.13 Å². The molecule has 4 rings (SSSR count). The van der Waals surface area contributed by atoms with Crippen LogP contribution in [0.5, 0.6) is 5.75 Å². The number of benzene rings is 3. The maximum Gasteiger partial charge on any atom is 0.251 e. The van der Waals surface area contributed by atoms with E-state index in [1.807, 2.05) is 66.7 Å². The van der Waals surface area contributed by atoms with Crippen molar-refractivity contribution in [1.82, 2.24) is 10.3 Å². The molecule has 192 valence electrons. The number of nitrogens with one attached hydrogen (secondary N) is 1. The molecule has 0 spiro atoms. The van der Waals surface area contributed by atoms with Gasteiger partial charge in [-0.3, -0.25) is 4.79 Å². The third kappa shape index (κ3) is 7.18. The van der Waals surface area contributed by atoms with Crippen LogP contribution >= 0.6 is 11.3 Å². The van der Waals surface area contributed by atoms with E-state index < -0.39 is 0 Å². The van der Waals surface area contributed by atoms with Crippen LogP contribution in [-0.2, 0) is 19.6 Å². The Morgan fingerprint density at radius 1 is 1.03 bits per heavy atom. The number of methoxy groups -OCH3 is 1. The summed E-state index contributed by atoms with van der Waals surface area (Å²) in [6.45, 7) is 4.81. The first-order valence-corrected chi connectivity index (χ1v) is 13.5. The van der Waals surface area contributed by atoms with Crippen LogP contribution in [0.1, 0.15) is 46.8 Å². The number of ether oxygens (including phenoxy) is 1. The Kier molecular flexibility index (Phi) is 9.29. The van der Waals surface area contributed by atoms with Gasteiger partial charge in [-0.2, -0.15) is 0 Å². The van der Waals surface area contributed by atoms with E-state index in [0.29, 0.717) is 18.7 Å². The number of rotatable bonds is 12. The molecule has 0 radical (unpaired) electrons. The van der Waals surface area contributed by atoms with Crippen molar-refractivity contribution in [2.45, 2.75) is 39.4 Å². The molecule has 3 N–H and O–H groups in total. The predicted octanol–water partition coefficient (Wildman–Crippen LogP) is 6.01. The van der Waals surface area contributed by atoms with Crippen molar-refractivity contribution in [2.75, 3.05) is 18.6 Å². The standard InChI is InChI=1S/C30H34N4O2S/c1-3-4-15-34(30-33-28(21-37-30)26-9-6-10-27(17-26)36-2)20-22-11-13-25(14-12-22)29(35)32-19-24-8-5-7-23(16-24)18-31/h5-14,16-17,21H,3-4,15,18-20,31H2,1-2H3,(H,32,35). The Hall–Kier alpha value is -3.68. The molecule has 6 nitrogen and oxygen atoms in total. The van der Waals surface area contributed by atoms with Crippen LogP contribution in [0, 0.1) is 0 Å². The highest BCUT2D eigenvalue weighted by molar-refractivity contribution is 7.14.